The van der Waals surface area contributed by atoms with Crippen molar-refractivity contribution in [1.29, 1.82) is 0 Å². The summed E-state index contributed by atoms with van der Waals surface area (Å²) in [5, 5.41) is 9.21. The second kappa shape index (κ2) is 6.45. The van der Waals surface area contributed by atoms with Crippen LogP contribution in [0.15, 0.2) is 18.3 Å². The third kappa shape index (κ3) is 3.89. The maximum absolute atomic E-state index is 12.1. The molecule has 0 aliphatic rings. The van der Waals surface area contributed by atoms with Crippen LogP contribution in [-0.2, 0) is 6.54 Å². The number of aliphatic hydroxyl groups is 1. The molecule has 0 bridgehead atoms. The van der Waals surface area contributed by atoms with Crippen molar-refractivity contribution in [3.05, 3.63) is 24.0 Å². The zero-order chi connectivity index (χ0) is 12.8. The van der Waals surface area contributed by atoms with Gasteiger partial charge in [-0.25, -0.2) is 0 Å². The SMILES string of the molecule is CCCn1cccc1C(=O)N(C)CCC(C)O. The van der Waals surface area contributed by atoms with Crippen molar-refractivity contribution in [2.24, 2.45) is 0 Å². The number of carbonyl (C=O) groups excluding carboxylic acids is 1. The van der Waals surface area contributed by atoms with Gasteiger partial charge in [0.05, 0.1) is 6.10 Å². The molecule has 4 nitrogen and oxygen atoms in total. The molecule has 4 heteroatoms. The summed E-state index contributed by atoms with van der Waals surface area (Å²) in [7, 11) is 1.77. The highest BCUT2D eigenvalue weighted by atomic mass is 16.3. The number of aliphatic hydroxyl groups excluding tert-OH is 1. The van der Waals surface area contributed by atoms with Crippen LogP contribution in [0.4, 0.5) is 0 Å². The van der Waals surface area contributed by atoms with E-state index in [9.17, 15) is 9.90 Å². The molecule has 0 radical (unpaired) electrons. The molecule has 1 N–H and O–H groups in total. The molecule has 0 saturated heterocycles. The van der Waals surface area contributed by atoms with E-state index in [1.807, 2.05) is 22.9 Å². The van der Waals surface area contributed by atoms with E-state index >= 15 is 0 Å². The summed E-state index contributed by atoms with van der Waals surface area (Å²) >= 11 is 0. The molecule has 1 unspecified atom stereocenters. The Hall–Kier alpha value is -1.29. The minimum Gasteiger partial charge on any atom is -0.393 e. The fourth-order valence-corrected chi connectivity index (χ4v) is 1.72. The number of hydrogen-bond donors (Lipinski definition) is 1. The Bertz CT molecular complexity index is 358. The highest BCUT2D eigenvalue weighted by Gasteiger charge is 2.15. The van der Waals surface area contributed by atoms with Gasteiger partial charge < -0.3 is 14.6 Å². The van der Waals surface area contributed by atoms with E-state index in [-0.39, 0.29) is 12.0 Å². The number of amides is 1. The lowest BCUT2D eigenvalue weighted by molar-refractivity contribution is 0.0758. The molecular weight excluding hydrogens is 216 g/mol. The van der Waals surface area contributed by atoms with Crippen molar-refractivity contribution >= 4 is 5.91 Å². The minimum atomic E-state index is -0.368. The number of nitrogens with zero attached hydrogens (tertiary/aromatic N) is 2. The normalized spacial score (nSPS) is 12.5. The van der Waals surface area contributed by atoms with Crippen LogP contribution in [0.25, 0.3) is 0 Å². The number of aryl methyl sites for hydroxylation is 1. The van der Waals surface area contributed by atoms with Gasteiger partial charge >= 0.3 is 0 Å². The molecule has 17 heavy (non-hydrogen) atoms. The van der Waals surface area contributed by atoms with E-state index < -0.39 is 0 Å². The van der Waals surface area contributed by atoms with E-state index in [1.165, 1.54) is 0 Å². The summed E-state index contributed by atoms with van der Waals surface area (Å²) in [6, 6.07) is 3.74. The largest absolute Gasteiger partial charge is 0.393 e. The maximum Gasteiger partial charge on any atom is 0.270 e. The minimum absolute atomic E-state index is 0.0177. The van der Waals surface area contributed by atoms with E-state index in [4.69, 9.17) is 0 Å². The molecular formula is C13H22N2O2. The second-order valence-corrected chi connectivity index (χ2v) is 4.45. The first-order valence-electron chi connectivity index (χ1n) is 6.15. The average molecular weight is 238 g/mol. The van der Waals surface area contributed by atoms with Crippen molar-refractivity contribution in [3.8, 4) is 0 Å². The molecule has 0 spiro atoms. The van der Waals surface area contributed by atoms with Crippen molar-refractivity contribution in [2.75, 3.05) is 13.6 Å². The van der Waals surface area contributed by atoms with E-state index in [1.54, 1.807) is 18.9 Å². The third-order valence-electron chi connectivity index (χ3n) is 2.74. The van der Waals surface area contributed by atoms with Crippen LogP contribution in [0.3, 0.4) is 0 Å². The zero-order valence-corrected chi connectivity index (χ0v) is 10.9. The lowest BCUT2D eigenvalue weighted by Crippen LogP contribution is -2.31. The lowest BCUT2D eigenvalue weighted by atomic mass is 10.2. The van der Waals surface area contributed by atoms with Crippen molar-refractivity contribution < 1.29 is 9.90 Å². The standard InChI is InChI=1S/C13H22N2O2/c1-4-8-15-9-5-6-12(15)13(17)14(3)10-7-11(2)16/h5-6,9,11,16H,4,7-8,10H2,1-3H3. The Morgan fingerprint density at radius 2 is 2.29 bits per heavy atom. The average Bonchev–Trinajstić information content (AvgIpc) is 2.73. The van der Waals surface area contributed by atoms with E-state index in [2.05, 4.69) is 6.92 Å². The molecule has 1 heterocycles. The Morgan fingerprint density at radius 3 is 2.88 bits per heavy atom. The van der Waals surface area contributed by atoms with Crippen molar-refractivity contribution in [3.63, 3.8) is 0 Å². The topological polar surface area (TPSA) is 45.5 Å². The van der Waals surface area contributed by atoms with Gasteiger partial charge in [0.1, 0.15) is 5.69 Å². The molecule has 1 amide bonds. The van der Waals surface area contributed by atoms with Crippen LogP contribution in [0, 0.1) is 0 Å². The van der Waals surface area contributed by atoms with Crippen molar-refractivity contribution in [2.45, 2.75) is 39.3 Å². The molecule has 0 aliphatic carbocycles. The van der Waals surface area contributed by atoms with Crippen LogP contribution in [0.5, 0.6) is 0 Å². The summed E-state index contributed by atoms with van der Waals surface area (Å²) in [6.45, 7) is 5.26. The molecule has 0 aliphatic heterocycles. The zero-order valence-electron chi connectivity index (χ0n) is 10.9. The Balaban J connectivity index is 2.64. The number of aromatic nitrogens is 1. The molecule has 1 rings (SSSR count). The molecule has 96 valence electrons. The molecule has 0 aromatic carbocycles. The second-order valence-electron chi connectivity index (χ2n) is 4.45. The molecule has 1 atom stereocenters. The molecule has 1 aromatic heterocycles. The Labute approximate surface area is 103 Å². The first-order chi connectivity index (χ1) is 8.06. The smallest absolute Gasteiger partial charge is 0.270 e. The molecule has 1 aromatic rings. The van der Waals surface area contributed by atoms with Gasteiger partial charge in [-0.05, 0) is 31.9 Å². The fraction of sp³-hybridized carbons (Fsp3) is 0.615. The maximum atomic E-state index is 12.1. The van der Waals surface area contributed by atoms with Gasteiger partial charge in [-0.2, -0.15) is 0 Å². The van der Waals surface area contributed by atoms with Crippen LogP contribution >= 0.6 is 0 Å². The Kier molecular flexibility index (Phi) is 5.22. The van der Waals surface area contributed by atoms with Crippen LogP contribution in [-0.4, -0.2) is 40.2 Å². The number of hydrogen-bond acceptors (Lipinski definition) is 2. The first kappa shape index (κ1) is 13.8. The van der Waals surface area contributed by atoms with Crippen LogP contribution < -0.4 is 0 Å². The van der Waals surface area contributed by atoms with E-state index in [0.29, 0.717) is 13.0 Å². The summed E-state index contributed by atoms with van der Waals surface area (Å²) in [4.78, 5) is 13.8. The summed E-state index contributed by atoms with van der Waals surface area (Å²) in [6.07, 6.45) is 3.18. The highest BCUT2D eigenvalue weighted by molar-refractivity contribution is 5.92. The highest BCUT2D eigenvalue weighted by Crippen LogP contribution is 2.07. The van der Waals surface area contributed by atoms with Gasteiger partial charge in [-0.1, -0.05) is 6.92 Å². The third-order valence-corrected chi connectivity index (χ3v) is 2.74. The van der Waals surface area contributed by atoms with Gasteiger partial charge in [0.2, 0.25) is 0 Å². The van der Waals surface area contributed by atoms with Crippen molar-refractivity contribution in [1.82, 2.24) is 9.47 Å². The first-order valence-corrected chi connectivity index (χ1v) is 6.15. The quantitative estimate of drug-likeness (QED) is 0.820. The van der Waals surface area contributed by atoms with Gasteiger partial charge in [-0.15, -0.1) is 0 Å². The van der Waals surface area contributed by atoms with Gasteiger partial charge in [0.25, 0.3) is 5.91 Å². The predicted molar refractivity (Wildman–Crippen MR) is 68.0 cm³/mol. The fourth-order valence-electron chi connectivity index (χ4n) is 1.72. The van der Waals surface area contributed by atoms with Crippen LogP contribution in [0.1, 0.15) is 37.2 Å². The lowest BCUT2D eigenvalue weighted by Gasteiger charge is -2.19. The van der Waals surface area contributed by atoms with Gasteiger partial charge in [0.15, 0.2) is 0 Å². The van der Waals surface area contributed by atoms with Crippen LogP contribution in [0.2, 0.25) is 0 Å². The Morgan fingerprint density at radius 1 is 1.59 bits per heavy atom. The van der Waals surface area contributed by atoms with Gasteiger partial charge in [0, 0.05) is 26.3 Å². The molecule has 0 saturated carbocycles. The summed E-state index contributed by atoms with van der Waals surface area (Å²) in [5.74, 6) is 0.0177. The summed E-state index contributed by atoms with van der Waals surface area (Å²) in [5.41, 5.74) is 0.722. The summed E-state index contributed by atoms with van der Waals surface area (Å²) < 4.78 is 1.97. The molecule has 0 fully saturated rings. The van der Waals surface area contributed by atoms with Gasteiger partial charge in [-0.3, -0.25) is 4.79 Å². The monoisotopic (exact) mass is 238 g/mol. The number of carbonyl (C=O) groups is 1. The van der Waals surface area contributed by atoms with E-state index in [0.717, 1.165) is 18.7 Å². The predicted octanol–water partition coefficient (Wildman–Crippen LogP) is 1.74. The number of rotatable bonds is 6.